The molecule has 158 valence electrons. The molecule has 1 aromatic carbocycles. The van der Waals surface area contributed by atoms with Gasteiger partial charge in [0, 0.05) is 13.5 Å². The van der Waals surface area contributed by atoms with Crippen molar-refractivity contribution in [3.8, 4) is 5.19 Å². The number of ether oxygens (including phenoxy) is 1. The third kappa shape index (κ3) is 4.10. The number of aromatic nitrogens is 2. The number of carbonyl (C=O) groups is 2. The highest BCUT2D eigenvalue weighted by molar-refractivity contribution is 7.16. The van der Waals surface area contributed by atoms with Crippen LogP contribution in [0.25, 0.3) is 0 Å². The Morgan fingerprint density at radius 1 is 1.40 bits per heavy atom. The van der Waals surface area contributed by atoms with E-state index in [0.29, 0.717) is 29.6 Å². The minimum Gasteiger partial charge on any atom is -0.484 e. The van der Waals surface area contributed by atoms with Gasteiger partial charge >= 0.3 is 6.09 Å². The van der Waals surface area contributed by atoms with Crippen LogP contribution in [0.15, 0.2) is 23.3 Å². The van der Waals surface area contributed by atoms with Crippen molar-refractivity contribution in [2.24, 2.45) is 5.10 Å². The minimum absolute atomic E-state index is 0.149. The summed E-state index contributed by atoms with van der Waals surface area (Å²) in [6.07, 6.45) is 0.380. The number of hydrogen-bond acceptors (Lipinski definition) is 10. The lowest BCUT2D eigenvalue weighted by Crippen LogP contribution is -2.38. The highest BCUT2D eigenvalue weighted by Crippen LogP contribution is 2.29. The molecule has 4 rings (SSSR count). The van der Waals surface area contributed by atoms with Crippen molar-refractivity contribution >= 4 is 46.2 Å². The van der Waals surface area contributed by atoms with Crippen LogP contribution in [0.4, 0.5) is 25.7 Å². The first-order valence-electron chi connectivity index (χ1n) is 9.03. The number of nitrogens with zero attached hydrogens (tertiary/aromatic N) is 6. The number of aromatic hydroxyl groups is 1. The van der Waals surface area contributed by atoms with Gasteiger partial charge in [-0.2, -0.15) is 5.10 Å². The summed E-state index contributed by atoms with van der Waals surface area (Å²) in [4.78, 5) is 26.1. The smallest absolute Gasteiger partial charge is 0.414 e. The topological polar surface area (TPSA) is 123 Å². The molecule has 1 saturated heterocycles. The number of halogens is 1. The Bertz CT molecular complexity index is 1000. The molecular weight excluding hydrogens is 417 g/mol. The van der Waals surface area contributed by atoms with Crippen molar-refractivity contribution in [3.63, 3.8) is 0 Å². The van der Waals surface area contributed by atoms with E-state index in [-0.39, 0.29) is 24.2 Å². The molecule has 0 bridgehead atoms. The monoisotopic (exact) mass is 435 g/mol. The SMILES string of the molecule is CC(=O)NC[C@H]1CN(c2ccc(N3C=NN(c4nnc(O)s4)CC3)c(F)c2)C(=O)O1. The quantitative estimate of drug-likeness (QED) is 0.716. The summed E-state index contributed by atoms with van der Waals surface area (Å²) < 4.78 is 20.0. The van der Waals surface area contributed by atoms with E-state index in [1.807, 2.05) is 0 Å². The zero-order valence-electron chi connectivity index (χ0n) is 15.9. The van der Waals surface area contributed by atoms with Crippen LogP contribution in [0, 0.1) is 5.82 Å². The molecule has 3 heterocycles. The summed E-state index contributed by atoms with van der Waals surface area (Å²) in [6, 6.07) is 4.46. The third-order valence-electron chi connectivity index (χ3n) is 4.51. The fourth-order valence-electron chi connectivity index (χ4n) is 3.08. The van der Waals surface area contributed by atoms with Crippen molar-refractivity contribution in [1.82, 2.24) is 15.5 Å². The lowest BCUT2D eigenvalue weighted by Gasteiger charge is -2.28. The van der Waals surface area contributed by atoms with Crippen LogP contribution in [0.5, 0.6) is 5.19 Å². The molecule has 2 aliphatic rings. The van der Waals surface area contributed by atoms with E-state index >= 15 is 0 Å². The number of nitrogens with one attached hydrogen (secondary N) is 1. The van der Waals surface area contributed by atoms with Crippen LogP contribution in [0.2, 0.25) is 0 Å². The van der Waals surface area contributed by atoms with Gasteiger partial charge in [-0.05, 0) is 29.5 Å². The molecule has 0 radical (unpaired) electrons. The minimum atomic E-state index is -0.590. The summed E-state index contributed by atoms with van der Waals surface area (Å²) in [6.45, 7) is 2.65. The molecule has 11 nitrogen and oxygen atoms in total. The number of rotatable bonds is 5. The average Bonchev–Trinajstić information content (AvgIpc) is 3.32. The van der Waals surface area contributed by atoms with Crippen LogP contribution in [-0.2, 0) is 9.53 Å². The largest absolute Gasteiger partial charge is 0.484 e. The van der Waals surface area contributed by atoms with Gasteiger partial charge in [0.1, 0.15) is 18.3 Å². The molecule has 13 heteroatoms. The Morgan fingerprint density at radius 3 is 2.87 bits per heavy atom. The first kappa shape index (κ1) is 19.8. The summed E-state index contributed by atoms with van der Waals surface area (Å²) in [5, 5.41) is 25.3. The van der Waals surface area contributed by atoms with Gasteiger partial charge in [0.05, 0.1) is 31.0 Å². The van der Waals surface area contributed by atoms with Crippen LogP contribution >= 0.6 is 11.3 Å². The zero-order chi connectivity index (χ0) is 21.3. The molecule has 2 aromatic rings. The summed E-state index contributed by atoms with van der Waals surface area (Å²) in [5.41, 5.74) is 0.677. The Balaban J connectivity index is 1.44. The van der Waals surface area contributed by atoms with Gasteiger partial charge in [0.25, 0.3) is 5.19 Å². The molecule has 2 aliphatic heterocycles. The molecule has 0 spiro atoms. The normalized spacial score (nSPS) is 18.7. The van der Waals surface area contributed by atoms with E-state index in [2.05, 4.69) is 20.6 Å². The number of benzene rings is 1. The second-order valence-electron chi connectivity index (χ2n) is 6.60. The van der Waals surface area contributed by atoms with E-state index in [9.17, 15) is 19.1 Å². The molecule has 0 unspecified atom stereocenters. The summed E-state index contributed by atoms with van der Waals surface area (Å²) >= 11 is 0.996. The maximum atomic E-state index is 14.8. The number of amides is 2. The van der Waals surface area contributed by atoms with E-state index in [4.69, 9.17) is 4.74 Å². The molecule has 30 heavy (non-hydrogen) atoms. The molecule has 1 aromatic heterocycles. The lowest BCUT2D eigenvalue weighted by molar-refractivity contribution is -0.119. The molecule has 0 saturated carbocycles. The van der Waals surface area contributed by atoms with Crippen LogP contribution in [-0.4, -0.2) is 65.9 Å². The standard InChI is InChI=1S/C17H18FN7O4S/c1-10(26)19-7-12-8-24(17(28)29-12)11-2-3-14(13(18)6-11)23-4-5-25(20-9-23)15-21-22-16(27)30-15/h2-3,6,9,12H,4-5,7-8H2,1H3,(H,19,26)(H,22,27)/t12-/m0/s1. The van der Waals surface area contributed by atoms with Crippen LogP contribution in [0.3, 0.4) is 0 Å². The van der Waals surface area contributed by atoms with Crippen molar-refractivity contribution in [1.29, 1.82) is 0 Å². The van der Waals surface area contributed by atoms with Crippen LogP contribution < -0.4 is 20.1 Å². The van der Waals surface area contributed by atoms with Gasteiger partial charge in [0.15, 0.2) is 0 Å². The zero-order valence-corrected chi connectivity index (χ0v) is 16.7. The maximum absolute atomic E-state index is 14.8. The predicted molar refractivity (Wildman–Crippen MR) is 107 cm³/mol. The van der Waals surface area contributed by atoms with Crippen molar-refractivity contribution < 1.29 is 23.8 Å². The Kier molecular flexibility index (Phi) is 5.35. The number of hydrazone groups is 1. The Hall–Kier alpha value is -3.48. The van der Waals surface area contributed by atoms with E-state index in [1.54, 1.807) is 22.0 Å². The number of carbonyl (C=O) groups excluding carboxylic acids is 2. The molecule has 1 fully saturated rings. The van der Waals surface area contributed by atoms with Gasteiger partial charge < -0.3 is 20.1 Å². The van der Waals surface area contributed by atoms with Crippen molar-refractivity contribution in [2.75, 3.05) is 41.0 Å². The fraction of sp³-hybridized carbons (Fsp3) is 0.353. The number of anilines is 3. The Labute approximate surface area is 174 Å². The highest BCUT2D eigenvalue weighted by atomic mass is 32.1. The van der Waals surface area contributed by atoms with Gasteiger partial charge in [0.2, 0.25) is 11.0 Å². The van der Waals surface area contributed by atoms with E-state index < -0.39 is 18.0 Å². The molecule has 0 aliphatic carbocycles. The summed E-state index contributed by atoms with van der Waals surface area (Å²) in [7, 11) is 0. The molecule has 1 atom stereocenters. The van der Waals surface area contributed by atoms with Gasteiger partial charge in [-0.15, -0.1) is 5.10 Å². The predicted octanol–water partition coefficient (Wildman–Crippen LogP) is 1.11. The van der Waals surface area contributed by atoms with Gasteiger partial charge in [-0.3, -0.25) is 9.69 Å². The number of cyclic esters (lactones) is 1. The van der Waals surface area contributed by atoms with E-state index in [0.717, 1.165) is 11.3 Å². The first-order chi connectivity index (χ1) is 14.4. The lowest BCUT2D eigenvalue weighted by atomic mass is 10.2. The van der Waals surface area contributed by atoms with Gasteiger partial charge in [-0.25, -0.2) is 14.2 Å². The highest BCUT2D eigenvalue weighted by Gasteiger charge is 2.33. The first-order valence-corrected chi connectivity index (χ1v) is 9.85. The van der Waals surface area contributed by atoms with Crippen molar-refractivity contribution in [2.45, 2.75) is 13.0 Å². The molecule has 2 amide bonds. The van der Waals surface area contributed by atoms with Gasteiger partial charge in [-0.1, -0.05) is 5.10 Å². The van der Waals surface area contributed by atoms with Crippen molar-refractivity contribution in [3.05, 3.63) is 24.0 Å². The second kappa shape index (κ2) is 8.10. The van der Waals surface area contributed by atoms with Crippen LogP contribution in [0.1, 0.15) is 6.92 Å². The Morgan fingerprint density at radius 2 is 2.23 bits per heavy atom. The molecule has 2 N–H and O–H groups in total. The molecular formula is C17H18FN7O4S. The maximum Gasteiger partial charge on any atom is 0.414 e. The number of hydrogen-bond donors (Lipinski definition) is 2. The van der Waals surface area contributed by atoms with E-state index in [1.165, 1.54) is 24.2 Å². The fourth-order valence-corrected chi connectivity index (χ4v) is 3.65. The summed E-state index contributed by atoms with van der Waals surface area (Å²) in [5.74, 6) is -0.733. The average molecular weight is 435 g/mol. The third-order valence-corrected chi connectivity index (χ3v) is 5.25. The second-order valence-corrected chi connectivity index (χ2v) is 7.54.